The zero-order valence-corrected chi connectivity index (χ0v) is 11.6. The summed E-state index contributed by atoms with van der Waals surface area (Å²) in [7, 11) is -0.994. The predicted octanol–water partition coefficient (Wildman–Crippen LogP) is 0.0827. The number of nitrogens with two attached hydrogens (primary N) is 1. The Hall–Kier alpha value is -0.170. The fraction of sp³-hybridized carbons (Fsp3) is 1.00. The van der Waals surface area contributed by atoms with Crippen molar-refractivity contribution in [1.29, 1.82) is 0 Å². The van der Waals surface area contributed by atoms with E-state index < -0.39 is 10.0 Å². The second kappa shape index (κ2) is 7.31. The van der Waals surface area contributed by atoms with Crippen molar-refractivity contribution in [2.45, 2.75) is 25.7 Å². The van der Waals surface area contributed by atoms with Gasteiger partial charge >= 0.3 is 0 Å². The second-order valence-corrected chi connectivity index (χ2v) is 6.81. The Kier molecular flexibility index (Phi) is 6.40. The standard InChI is InChI=1S/C11H25N3O2S/c1-13-7-9-14(10-8-13)17(15,16)11-5-3-2-4-6-12/h2-12H2,1H3. The highest BCUT2D eigenvalue weighted by atomic mass is 32.2. The van der Waals surface area contributed by atoms with Gasteiger partial charge in [-0.05, 0) is 26.4 Å². The molecule has 1 fully saturated rings. The largest absolute Gasteiger partial charge is 0.330 e. The van der Waals surface area contributed by atoms with Gasteiger partial charge < -0.3 is 10.6 Å². The average Bonchev–Trinajstić information content (AvgIpc) is 2.29. The molecular weight excluding hydrogens is 238 g/mol. The second-order valence-electron chi connectivity index (χ2n) is 4.72. The van der Waals surface area contributed by atoms with Gasteiger partial charge in [0.2, 0.25) is 10.0 Å². The van der Waals surface area contributed by atoms with Crippen LogP contribution in [0.2, 0.25) is 0 Å². The van der Waals surface area contributed by atoms with Gasteiger partial charge in [0.1, 0.15) is 0 Å². The molecule has 0 bridgehead atoms. The first-order valence-corrected chi connectivity index (χ1v) is 8.03. The molecule has 0 unspecified atom stereocenters. The first-order chi connectivity index (χ1) is 8.06. The fourth-order valence-electron chi connectivity index (χ4n) is 1.98. The molecule has 0 amide bonds. The maximum Gasteiger partial charge on any atom is 0.214 e. The van der Waals surface area contributed by atoms with Crippen LogP contribution in [-0.4, -0.2) is 63.1 Å². The lowest BCUT2D eigenvalue weighted by atomic mass is 10.2. The van der Waals surface area contributed by atoms with Crippen LogP contribution in [0.15, 0.2) is 0 Å². The van der Waals surface area contributed by atoms with E-state index in [2.05, 4.69) is 4.90 Å². The summed E-state index contributed by atoms with van der Waals surface area (Å²) in [6.45, 7) is 3.66. The van der Waals surface area contributed by atoms with Crippen molar-refractivity contribution in [3.63, 3.8) is 0 Å². The van der Waals surface area contributed by atoms with E-state index in [1.54, 1.807) is 4.31 Å². The molecule has 0 atom stereocenters. The molecule has 1 aliphatic rings. The molecular formula is C11H25N3O2S. The number of rotatable bonds is 7. The van der Waals surface area contributed by atoms with E-state index in [-0.39, 0.29) is 0 Å². The van der Waals surface area contributed by atoms with Crippen LogP contribution in [0.3, 0.4) is 0 Å². The van der Waals surface area contributed by atoms with Gasteiger partial charge in [-0.2, -0.15) is 4.31 Å². The molecule has 102 valence electrons. The van der Waals surface area contributed by atoms with Gasteiger partial charge in [0.05, 0.1) is 5.75 Å². The summed E-state index contributed by atoms with van der Waals surface area (Å²) in [6.07, 6.45) is 3.75. The van der Waals surface area contributed by atoms with Crippen molar-refractivity contribution in [2.24, 2.45) is 5.73 Å². The minimum Gasteiger partial charge on any atom is -0.330 e. The van der Waals surface area contributed by atoms with Crippen LogP contribution in [0.4, 0.5) is 0 Å². The van der Waals surface area contributed by atoms with Crippen molar-refractivity contribution in [1.82, 2.24) is 9.21 Å². The minimum absolute atomic E-state index is 0.293. The summed E-state index contributed by atoms with van der Waals surface area (Å²) < 4.78 is 25.7. The van der Waals surface area contributed by atoms with Crippen LogP contribution in [0, 0.1) is 0 Å². The maximum atomic E-state index is 12.0. The molecule has 1 saturated heterocycles. The minimum atomic E-state index is -3.02. The summed E-state index contributed by atoms with van der Waals surface area (Å²) in [5, 5.41) is 0. The van der Waals surface area contributed by atoms with Gasteiger partial charge in [-0.1, -0.05) is 12.8 Å². The monoisotopic (exact) mass is 263 g/mol. The molecule has 0 aromatic heterocycles. The molecule has 1 rings (SSSR count). The van der Waals surface area contributed by atoms with Crippen LogP contribution in [-0.2, 0) is 10.0 Å². The first-order valence-electron chi connectivity index (χ1n) is 6.42. The zero-order chi connectivity index (χ0) is 12.7. The third kappa shape index (κ3) is 5.33. The van der Waals surface area contributed by atoms with E-state index in [1.165, 1.54) is 0 Å². The number of piperazine rings is 1. The molecule has 0 radical (unpaired) electrons. The van der Waals surface area contributed by atoms with Crippen molar-refractivity contribution in [2.75, 3.05) is 45.5 Å². The first kappa shape index (κ1) is 14.9. The molecule has 6 heteroatoms. The van der Waals surface area contributed by atoms with Gasteiger partial charge in [-0.3, -0.25) is 0 Å². The van der Waals surface area contributed by atoms with Crippen LogP contribution in [0.1, 0.15) is 25.7 Å². The topological polar surface area (TPSA) is 66.6 Å². The summed E-state index contributed by atoms with van der Waals surface area (Å²) in [4.78, 5) is 2.16. The highest BCUT2D eigenvalue weighted by molar-refractivity contribution is 7.89. The van der Waals surface area contributed by atoms with Crippen molar-refractivity contribution < 1.29 is 8.42 Å². The normalized spacial score (nSPS) is 19.6. The molecule has 0 aromatic rings. The highest BCUT2D eigenvalue weighted by Crippen LogP contribution is 2.10. The Balaban J connectivity index is 2.25. The van der Waals surface area contributed by atoms with Crippen LogP contribution < -0.4 is 5.73 Å². The van der Waals surface area contributed by atoms with Crippen molar-refractivity contribution in [3.8, 4) is 0 Å². The van der Waals surface area contributed by atoms with Gasteiger partial charge in [0, 0.05) is 26.2 Å². The quantitative estimate of drug-likeness (QED) is 0.661. The van der Waals surface area contributed by atoms with Gasteiger partial charge in [-0.15, -0.1) is 0 Å². The van der Waals surface area contributed by atoms with Crippen LogP contribution in [0.25, 0.3) is 0 Å². The van der Waals surface area contributed by atoms with E-state index >= 15 is 0 Å². The van der Waals surface area contributed by atoms with Gasteiger partial charge in [0.15, 0.2) is 0 Å². The third-order valence-corrected chi connectivity index (χ3v) is 5.17. The van der Waals surface area contributed by atoms with E-state index in [1.807, 2.05) is 7.05 Å². The average molecular weight is 263 g/mol. The summed E-state index contributed by atoms with van der Waals surface area (Å²) >= 11 is 0. The molecule has 0 aliphatic carbocycles. The third-order valence-electron chi connectivity index (χ3n) is 3.21. The Morgan fingerprint density at radius 3 is 2.18 bits per heavy atom. The molecule has 0 spiro atoms. The number of hydrogen-bond acceptors (Lipinski definition) is 4. The Labute approximate surface area is 105 Å². The van der Waals surface area contributed by atoms with Crippen LogP contribution >= 0.6 is 0 Å². The molecule has 5 nitrogen and oxygen atoms in total. The number of unbranched alkanes of at least 4 members (excludes halogenated alkanes) is 3. The Morgan fingerprint density at radius 2 is 1.59 bits per heavy atom. The fourth-order valence-corrected chi connectivity index (χ4v) is 3.52. The number of nitrogens with zero attached hydrogens (tertiary/aromatic N) is 2. The molecule has 17 heavy (non-hydrogen) atoms. The van der Waals surface area contributed by atoms with E-state index in [0.717, 1.165) is 38.8 Å². The van der Waals surface area contributed by atoms with Crippen molar-refractivity contribution in [3.05, 3.63) is 0 Å². The van der Waals surface area contributed by atoms with Crippen molar-refractivity contribution >= 4 is 10.0 Å². The van der Waals surface area contributed by atoms with Gasteiger partial charge in [0.25, 0.3) is 0 Å². The number of sulfonamides is 1. The van der Waals surface area contributed by atoms with Crippen LogP contribution in [0.5, 0.6) is 0 Å². The number of likely N-dealkylation sites (N-methyl/N-ethyl adjacent to an activating group) is 1. The lowest BCUT2D eigenvalue weighted by Gasteiger charge is -2.31. The molecule has 1 heterocycles. The Bertz CT molecular complexity index is 298. The summed E-state index contributed by atoms with van der Waals surface area (Å²) in [5.41, 5.74) is 5.40. The van der Waals surface area contributed by atoms with Gasteiger partial charge in [-0.25, -0.2) is 8.42 Å². The lowest BCUT2D eigenvalue weighted by Crippen LogP contribution is -2.47. The molecule has 1 aliphatic heterocycles. The Morgan fingerprint density at radius 1 is 1.00 bits per heavy atom. The summed E-state index contributed by atoms with van der Waals surface area (Å²) in [6, 6.07) is 0. The zero-order valence-electron chi connectivity index (χ0n) is 10.8. The smallest absolute Gasteiger partial charge is 0.214 e. The SMILES string of the molecule is CN1CCN(S(=O)(=O)CCCCCCN)CC1. The summed E-state index contributed by atoms with van der Waals surface area (Å²) in [5.74, 6) is 0.293. The van der Waals surface area contributed by atoms with E-state index in [4.69, 9.17) is 5.73 Å². The molecule has 0 saturated carbocycles. The molecule has 2 N–H and O–H groups in total. The van der Waals surface area contributed by atoms with E-state index in [9.17, 15) is 8.42 Å². The number of hydrogen-bond donors (Lipinski definition) is 1. The van der Waals surface area contributed by atoms with E-state index in [0.29, 0.717) is 25.4 Å². The predicted molar refractivity (Wildman–Crippen MR) is 70.4 cm³/mol. The highest BCUT2D eigenvalue weighted by Gasteiger charge is 2.24. The lowest BCUT2D eigenvalue weighted by molar-refractivity contribution is 0.222. The molecule has 0 aromatic carbocycles. The maximum absolute atomic E-state index is 12.0.